The second-order valence-corrected chi connectivity index (χ2v) is 6.94. The van der Waals surface area contributed by atoms with Gasteiger partial charge >= 0.3 is 0 Å². The molecule has 0 bridgehead atoms. The van der Waals surface area contributed by atoms with Crippen molar-refractivity contribution in [1.82, 2.24) is 19.7 Å². The summed E-state index contributed by atoms with van der Waals surface area (Å²) in [5, 5.41) is 8.40. The maximum Gasteiger partial charge on any atom is 0.247 e. The zero-order chi connectivity index (χ0) is 16.7. The molecule has 1 aliphatic rings. The van der Waals surface area contributed by atoms with Crippen molar-refractivity contribution in [3.63, 3.8) is 0 Å². The monoisotopic (exact) mass is 385 g/mol. The van der Waals surface area contributed by atoms with Gasteiger partial charge in [-0.2, -0.15) is 5.10 Å². The van der Waals surface area contributed by atoms with Gasteiger partial charge in [-0.05, 0) is 65.4 Å². The van der Waals surface area contributed by atoms with Gasteiger partial charge in [0.25, 0.3) is 0 Å². The van der Waals surface area contributed by atoms with Crippen LogP contribution in [0.25, 0.3) is 11.0 Å². The molecule has 1 amide bonds. The highest BCUT2D eigenvalue weighted by Gasteiger charge is 2.27. The Morgan fingerprint density at radius 1 is 1.33 bits per heavy atom. The van der Waals surface area contributed by atoms with E-state index in [1.807, 2.05) is 19.2 Å². The molecule has 3 aromatic heterocycles. The summed E-state index contributed by atoms with van der Waals surface area (Å²) >= 11 is 3.32. The molecule has 7 heteroatoms. The Labute approximate surface area is 147 Å². The Kier molecular flexibility index (Phi) is 3.80. The molecule has 0 spiro atoms. The molecule has 1 aliphatic carbocycles. The van der Waals surface area contributed by atoms with Crippen molar-refractivity contribution in [1.29, 1.82) is 0 Å². The third-order valence-electron chi connectivity index (χ3n) is 4.15. The molecule has 3 aromatic rings. The molecular weight excluding hydrogens is 370 g/mol. The minimum Gasteiger partial charge on any atom is -0.309 e. The van der Waals surface area contributed by atoms with Crippen LogP contribution in [-0.4, -0.2) is 25.7 Å². The summed E-state index contributed by atoms with van der Waals surface area (Å²) in [5.41, 5.74) is 3.00. The maximum absolute atomic E-state index is 12.3. The molecule has 4 rings (SSSR count). The van der Waals surface area contributed by atoms with Gasteiger partial charge in [-0.15, -0.1) is 0 Å². The van der Waals surface area contributed by atoms with Crippen LogP contribution in [0.4, 0.5) is 5.82 Å². The second-order valence-electron chi connectivity index (χ2n) is 6.03. The van der Waals surface area contributed by atoms with Crippen LogP contribution < -0.4 is 5.32 Å². The van der Waals surface area contributed by atoms with Crippen molar-refractivity contribution in [2.75, 3.05) is 5.32 Å². The van der Waals surface area contributed by atoms with Crippen LogP contribution in [0.3, 0.4) is 0 Å². The van der Waals surface area contributed by atoms with Crippen LogP contribution in [-0.2, 0) is 11.3 Å². The standard InChI is InChI=1S/C17H16BrN5O/c1-10-16-13(11-2-3-11)6-7-19-17(16)23(22-10)9-15(24)21-14-5-4-12(18)8-20-14/h4-8,11H,2-3,9H2,1H3,(H,20,21,24). The molecule has 1 fully saturated rings. The number of nitrogens with one attached hydrogen (secondary N) is 1. The number of halogens is 1. The number of hydrogen-bond donors (Lipinski definition) is 1. The Hall–Kier alpha value is -2.28. The van der Waals surface area contributed by atoms with Gasteiger partial charge in [0.15, 0.2) is 5.65 Å². The van der Waals surface area contributed by atoms with Gasteiger partial charge in [0.05, 0.1) is 5.69 Å². The predicted molar refractivity (Wildman–Crippen MR) is 94.8 cm³/mol. The molecule has 0 saturated heterocycles. The highest BCUT2D eigenvalue weighted by molar-refractivity contribution is 9.10. The number of fused-ring (bicyclic) bond motifs is 1. The average Bonchev–Trinajstić information content (AvgIpc) is 3.36. The zero-order valence-electron chi connectivity index (χ0n) is 13.2. The number of pyridine rings is 2. The lowest BCUT2D eigenvalue weighted by Crippen LogP contribution is -2.20. The lowest BCUT2D eigenvalue weighted by molar-refractivity contribution is -0.116. The van der Waals surface area contributed by atoms with E-state index < -0.39 is 0 Å². The summed E-state index contributed by atoms with van der Waals surface area (Å²) in [6.07, 6.45) is 5.90. The molecule has 1 saturated carbocycles. The number of carbonyl (C=O) groups is 1. The Morgan fingerprint density at radius 2 is 2.17 bits per heavy atom. The smallest absolute Gasteiger partial charge is 0.247 e. The summed E-state index contributed by atoms with van der Waals surface area (Å²) in [5.74, 6) is 0.962. The topological polar surface area (TPSA) is 72.7 Å². The van der Waals surface area contributed by atoms with E-state index in [4.69, 9.17) is 0 Å². The van der Waals surface area contributed by atoms with Crippen molar-refractivity contribution in [3.8, 4) is 0 Å². The van der Waals surface area contributed by atoms with E-state index in [-0.39, 0.29) is 12.5 Å². The fraction of sp³-hybridized carbons (Fsp3) is 0.294. The maximum atomic E-state index is 12.3. The molecule has 1 N–H and O–H groups in total. The molecule has 0 unspecified atom stereocenters. The molecule has 0 aromatic carbocycles. The number of anilines is 1. The third-order valence-corrected chi connectivity index (χ3v) is 4.61. The van der Waals surface area contributed by atoms with E-state index in [2.05, 4.69) is 42.4 Å². The fourth-order valence-electron chi connectivity index (χ4n) is 2.92. The highest BCUT2D eigenvalue weighted by atomic mass is 79.9. The van der Waals surface area contributed by atoms with E-state index in [9.17, 15) is 4.79 Å². The molecular formula is C17H16BrN5O. The minimum atomic E-state index is -0.173. The van der Waals surface area contributed by atoms with Crippen LogP contribution in [0, 0.1) is 6.92 Å². The van der Waals surface area contributed by atoms with E-state index in [1.165, 1.54) is 18.4 Å². The Bertz CT molecular complexity index is 915. The largest absolute Gasteiger partial charge is 0.309 e. The molecule has 0 radical (unpaired) electrons. The van der Waals surface area contributed by atoms with Gasteiger partial charge in [-0.1, -0.05) is 0 Å². The van der Waals surface area contributed by atoms with Crippen molar-refractivity contribution in [3.05, 3.63) is 46.3 Å². The quantitative estimate of drug-likeness (QED) is 0.746. The van der Waals surface area contributed by atoms with Gasteiger partial charge in [-0.25, -0.2) is 14.6 Å². The molecule has 3 heterocycles. The number of amides is 1. The van der Waals surface area contributed by atoms with Gasteiger partial charge in [0.2, 0.25) is 5.91 Å². The van der Waals surface area contributed by atoms with E-state index >= 15 is 0 Å². The molecule has 0 atom stereocenters. The summed E-state index contributed by atoms with van der Waals surface area (Å²) in [6, 6.07) is 5.66. The number of hydrogen-bond acceptors (Lipinski definition) is 4. The van der Waals surface area contributed by atoms with Crippen molar-refractivity contribution < 1.29 is 4.79 Å². The number of aryl methyl sites for hydroxylation is 1. The second kappa shape index (κ2) is 5.98. The number of nitrogens with zero attached hydrogens (tertiary/aromatic N) is 4. The summed E-state index contributed by atoms with van der Waals surface area (Å²) in [7, 11) is 0. The lowest BCUT2D eigenvalue weighted by Gasteiger charge is -2.06. The summed E-state index contributed by atoms with van der Waals surface area (Å²) in [6.45, 7) is 2.09. The Balaban J connectivity index is 1.59. The first-order chi connectivity index (χ1) is 11.6. The molecule has 24 heavy (non-hydrogen) atoms. The highest BCUT2D eigenvalue weighted by Crippen LogP contribution is 2.43. The normalized spacial score (nSPS) is 14.1. The minimum absolute atomic E-state index is 0.114. The third kappa shape index (κ3) is 2.91. The summed E-state index contributed by atoms with van der Waals surface area (Å²) < 4.78 is 2.54. The first-order valence-electron chi connectivity index (χ1n) is 7.85. The Morgan fingerprint density at radius 3 is 2.88 bits per heavy atom. The van der Waals surface area contributed by atoms with Crippen LogP contribution >= 0.6 is 15.9 Å². The lowest BCUT2D eigenvalue weighted by atomic mass is 10.1. The number of aromatic nitrogens is 4. The number of carbonyl (C=O) groups excluding carboxylic acids is 1. The number of rotatable bonds is 4. The zero-order valence-corrected chi connectivity index (χ0v) is 14.7. The van der Waals surface area contributed by atoms with Crippen LogP contribution in [0.5, 0.6) is 0 Å². The van der Waals surface area contributed by atoms with Gasteiger partial charge in [0, 0.05) is 22.3 Å². The fourth-order valence-corrected chi connectivity index (χ4v) is 3.16. The first-order valence-corrected chi connectivity index (χ1v) is 8.64. The summed E-state index contributed by atoms with van der Waals surface area (Å²) in [4.78, 5) is 20.9. The van der Waals surface area contributed by atoms with Gasteiger partial charge < -0.3 is 5.32 Å². The van der Waals surface area contributed by atoms with E-state index in [1.54, 1.807) is 16.9 Å². The molecule has 122 valence electrons. The van der Waals surface area contributed by atoms with E-state index in [0.717, 1.165) is 21.2 Å². The first kappa shape index (κ1) is 15.3. The van der Waals surface area contributed by atoms with Crippen LogP contribution in [0.15, 0.2) is 35.1 Å². The van der Waals surface area contributed by atoms with Crippen molar-refractivity contribution >= 4 is 38.7 Å². The van der Waals surface area contributed by atoms with Crippen molar-refractivity contribution in [2.24, 2.45) is 0 Å². The predicted octanol–water partition coefficient (Wildman–Crippen LogP) is 3.41. The van der Waals surface area contributed by atoms with Crippen LogP contribution in [0.2, 0.25) is 0 Å². The molecule has 0 aliphatic heterocycles. The van der Waals surface area contributed by atoms with Gasteiger partial charge in [-0.3, -0.25) is 4.79 Å². The van der Waals surface area contributed by atoms with Gasteiger partial charge in [0.1, 0.15) is 12.4 Å². The molecule has 6 nitrogen and oxygen atoms in total. The van der Waals surface area contributed by atoms with Crippen molar-refractivity contribution in [2.45, 2.75) is 32.2 Å². The van der Waals surface area contributed by atoms with Crippen LogP contribution in [0.1, 0.15) is 30.0 Å². The SMILES string of the molecule is Cc1nn(CC(=O)Nc2ccc(Br)cn2)c2nccc(C3CC3)c12. The van der Waals surface area contributed by atoms with E-state index in [0.29, 0.717) is 11.7 Å². The average molecular weight is 386 g/mol.